The highest BCUT2D eigenvalue weighted by Gasteiger charge is 2.28. The summed E-state index contributed by atoms with van der Waals surface area (Å²) in [5.41, 5.74) is 0.652. The van der Waals surface area contributed by atoms with E-state index in [2.05, 4.69) is 0 Å². The predicted octanol–water partition coefficient (Wildman–Crippen LogP) is 2.59. The molecule has 1 heterocycles. The highest BCUT2D eigenvalue weighted by Crippen LogP contribution is 2.26. The van der Waals surface area contributed by atoms with Crippen LogP contribution in [0.5, 0.6) is 0 Å². The number of aliphatic hydroxyl groups excluding tert-OH is 1. The molecule has 3 aromatic rings. The van der Waals surface area contributed by atoms with Gasteiger partial charge in [-0.2, -0.15) is 0 Å². The number of hydrogen-bond acceptors (Lipinski definition) is 5. The van der Waals surface area contributed by atoms with Gasteiger partial charge in [0.15, 0.2) is 11.6 Å². The summed E-state index contributed by atoms with van der Waals surface area (Å²) in [4.78, 5) is 50.4. The van der Waals surface area contributed by atoms with Gasteiger partial charge in [0.2, 0.25) is 0 Å². The molecule has 1 aliphatic carbocycles. The van der Waals surface area contributed by atoms with Crippen LogP contribution in [0.2, 0.25) is 0 Å². The van der Waals surface area contributed by atoms with Gasteiger partial charge in [0, 0.05) is 25.5 Å². The molecule has 1 aromatic heterocycles. The van der Waals surface area contributed by atoms with Gasteiger partial charge in [0.05, 0.1) is 16.6 Å². The number of ketones is 2. The molecule has 7 heteroatoms. The molecule has 4 rings (SSSR count). The van der Waals surface area contributed by atoms with E-state index in [1.54, 1.807) is 25.2 Å². The van der Waals surface area contributed by atoms with Crippen molar-refractivity contribution in [3.63, 3.8) is 0 Å². The quantitative estimate of drug-likeness (QED) is 0.402. The van der Waals surface area contributed by atoms with E-state index >= 15 is 0 Å². The highest BCUT2D eigenvalue weighted by atomic mass is 16.3. The van der Waals surface area contributed by atoms with E-state index in [9.17, 15) is 24.3 Å². The molecule has 0 atom stereocenters. The van der Waals surface area contributed by atoms with Crippen LogP contribution in [-0.4, -0.2) is 25.8 Å². The minimum Gasteiger partial charge on any atom is -0.506 e. The zero-order valence-corrected chi connectivity index (χ0v) is 16.6. The Morgan fingerprint density at radius 3 is 2.33 bits per heavy atom. The topological polar surface area (TPSA) is 98.4 Å². The maximum atomic E-state index is 13.2. The van der Waals surface area contributed by atoms with Gasteiger partial charge in [0.25, 0.3) is 5.56 Å². The molecule has 1 N–H and O–H groups in total. The first-order valence-corrected chi connectivity index (χ1v) is 9.62. The third kappa shape index (κ3) is 3.08. The van der Waals surface area contributed by atoms with Crippen molar-refractivity contribution in [2.24, 2.45) is 7.05 Å². The number of carbonyl (C=O) groups excluding carboxylic acids is 2. The Kier molecular flexibility index (Phi) is 4.73. The van der Waals surface area contributed by atoms with Crippen molar-refractivity contribution < 1.29 is 14.7 Å². The Morgan fingerprint density at radius 1 is 0.967 bits per heavy atom. The second kappa shape index (κ2) is 7.26. The smallest absolute Gasteiger partial charge is 0.335 e. The van der Waals surface area contributed by atoms with Crippen LogP contribution >= 0.6 is 0 Å². The zero-order valence-electron chi connectivity index (χ0n) is 16.6. The number of aliphatic hydroxyl groups is 1. The molecule has 0 bridgehead atoms. The Morgan fingerprint density at radius 2 is 1.67 bits per heavy atom. The van der Waals surface area contributed by atoms with Crippen molar-refractivity contribution in [2.45, 2.75) is 26.2 Å². The highest BCUT2D eigenvalue weighted by molar-refractivity contribution is 6.25. The lowest BCUT2D eigenvalue weighted by Crippen LogP contribution is -2.37. The summed E-state index contributed by atoms with van der Waals surface area (Å²) < 4.78 is 2.42. The standard InChI is InChI=1S/C23H20N2O5/c1-13-5-3-6-15(11-13)25-22(29)16-12-14(9-10-17(16)24(2)23(25)30)21(28)20-18(26)7-4-8-19(20)27/h3,5-6,9-12,28H,4,7-8H2,1-2H3. The van der Waals surface area contributed by atoms with E-state index < -0.39 is 28.6 Å². The largest absolute Gasteiger partial charge is 0.506 e. The first kappa shape index (κ1) is 19.6. The molecular formula is C23H20N2O5. The number of benzene rings is 2. The number of aryl methyl sites for hydroxylation is 2. The van der Waals surface area contributed by atoms with Gasteiger partial charge in [-0.25, -0.2) is 9.36 Å². The van der Waals surface area contributed by atoms with Crippen LogP contribution in [0.25, 0.3) is 22.3 Å². The molecule has 30 heavy (non-hydrogen) atoms. The van der Waals surface area contributed by atoms with Gasteiger partial charge in [-0.05, 0) is 49.2 Å². The van der Waals surface area contributed by atoms with Gasteiger partial charge in [-0.1, -0.05) is 12.1 Å². The minimum absolute atomic E-state index is 0.188. The molecule has 1 saturated carbocycles. The SMILES string of the molecule is Cc1cccc(-n2c(=O)c3cc(C(O)=C4C(=O)CCCC4=O)ccc3n(C)c2=O)c1. The first-order valence-electron chi connectivity index (χ1n) is 9.62. The lowest BCUT2D eigenvalue weighted by Gasteiger charge is -2.15. The van der Waals surface area contributed by atoms with E-state index in [-0.39, 0.29) is 29.4 Å². The monoisotopic (exact) mass is 404 g/mol. The van der Waals surface area contributed by atoms with Crippen molar-refractivity contribution >= 4 is 28.2 Å². The average molecular weight is 404 g/mol. The molecule has 2 aromatic carbocycles. The third-order valence-electron chi connectivity index (χ3n) is 5.41. The Labute approximate surface area is 171 Å². The van der Waals surface area contributed by atoms with Crippen LogP contribution in [0.4, 0.5) is 0 Å². The fourth-order valence-corrected chi connectivity index (χ4v) is 3.83. The summed E-state index contributed by atoms with van der Waals surface area (Å²) in [6, 6.07) is 11.5. The molecule has 0 radical (unpaired) electrons. The van der Waals surface area contributed by atoms with Gasteiger partial charge in [-0.15, -0.1) is 0 Å². The number of hydrogen-bond donors (Lipinski definition) is 1. The summed E-state index contributed by atoms with van der Waals surface area (Å²) in [6.45, 7) is 1.86. The number of Topliss-reactive ketones (excluding diaryl/α,β-unsaturated/α-hetero) is 2. The van der Waals surface area contributed by atoms with Crippen LogP contribution in [0.1, 0.15) is 30.4 Å². The third-order valence-corrected chi connectivity index (χ3v) is 5.41. The van der Waals surface area contributed by atoms with E-state index in [0.29, 0.717) is 17.6 Å². The number of fused-ring (bicyclic) bond motifs is 1. The molecule has 1 fully saturated rings. The molecule has 152 valence electrons. The Bertz CT molecular complexity index is 1360. The van der Waals surface area contributed by atoms with E-state index in [1.165, 1.54) is 22.8 Å². The number of nitrogens with zero attached hydrogens (tertiary/aromatic N) is 2. The second-order valence-corrected chi connectivity index (χ2v) is 7.48. The van der Waals surface area contributed by atoms with Crippen LogP contribution in [0, 0.1) is 6.92 Å². The summed E-state index contributed by atoms with van der Waals surface area (Å²) >= 11 is 0. The van der Waals surface area contributed by atoms with Gasteiger partial charge in [-0.3, -0.25) is 19.0 Å². The Balaban J connectivity index is 2.00. The molecule has 0 spiro atoms. The molecule has 0 unspecified atom stereocenters. The van der Waals surface area contributed by atoms with Gasteiger partial charge < -0.3 is 5.11 Å². The molecular weight excluding hydrogens is 384 g/mol. The maximum absolute atomic E-state index is 13.2. The second-order valence-electron chi connectivity index (χ2n) is 7.48. The summed E-state index contributed by atoms with van der Waals surface area (Å²) in [6.07, 6.45) is 0.871. The fraction of sp³-hybridized carbons (Fsp3) is 0.217. The number of carbonyl (C=O) groups is 2. The first-order chi connectivity index (χ1) is 14.3. The van der Waals surface area contributed by atoms with E-state index in [1.807, 2.05) is 13.0 Å². The summed E-state index contributed by atoms with van der Waals surface area (Å²) in [5, 5.41) is 10.8. The number of aromatic nitrogens is 2. The fourth-order valence-electron chi connectivity index (χ4n) is 3.83. The van der Waals surface area contributed by atoms with Crippen molar-refractivity contribution in [3.8, 4) is 5.69 Å². The molecule has 0 saturated heterocycles. The molecule has 0 aliphatic heterocycles. The van der Waals surface area contributed by atoms with Crippen LogP contribution in [0.15, 0.2) is 57.6 Å². The maximum Gasteiger partial charge on any atom is 0.335 e. The van der Waals surface area contributed by atoms with Crippen molar-refractivity contribution in [2.75, 3.05) is 0 Å². The summed E-state index contributed by atoms with van der Waals surface area (Å²) in [5.74, 6) is -1.23. The average Bonchev–Trinajstić information content (AvgIpc) is 2.72. The number of allylic oxidation sites excluding steroid dienone is 1. The lowest BCUT2D eigenvalue weighted by atomic mass is 9.89. The predicted molar refractivity (Wildman–Crippen MR) is 113 cm³/mol. The molecule has 7 nitrogen and oxygen atoms in total. The van der Waals surface area contributed by atoms with Crippen LogP contribution in [0.3, 0.4) is 0 Å². The zero-order chi connectivity index (χ0) is 21.6. The van der Waals surface area contributed by atoms with Gasteiger partial charge >= 0.3 is 5.69 Å². The van der Waals surface area contributed by atoms with Crippen molar-refractivity contribution in [1.29, 1.82) is 0 Å². The van der Waals surface area contributed by atoms with Crippen molar-refractivity contribution in [3.05, 3.63) is 80.0 Å². The van der Waals surface area contributed by atoms with Crippen LogP contribution < -0.4 is 11.2 Å². The van der Waals surface area contributed by atoms with Gasteiger partial charge in [0.1, 0.15) is 11.3 Å². The van der Waals surface area contributed by atoms with E-state index in [4.69, 9.17) is 0 Å². The van der Waals surface area contributed by atoms with E-state index in [0.717, 1.165) is 10.1 Å². The van der Waals surface area contributed by atoms with Crippen molar-refractivity contribution in [1.82, 2.24) is 9.13 Å². The lowest BCUT2D eigenvalue weighted by molar-refractivity contribution is -0.123. The van der Waals surface area contributed by atoms with Crippen LogP contribution in [-0.2, 0) is 16.6 Å². The molecule has 0 amide bonds. The summed E-state index contributed by atoms with van der Waals surface area (Å²) in [7, 11) is 1.56. The normalized spacial score (nSPS) is 14.4. The number of rotatable bonds is 2. The Hall–Kier alpha value is -3.74. The minimum atomic E-state index is -0.542. The molecule has 1 aliphatic rings.